The molecule has 0 bridgehead atoms. The molecule has 0 fully saturated rings. The molecular weight excluding hydrogens is 233 g/mol. The van der Waals surface area contributed by atoms with Crippen molar-refractivity contribution in [3.63, 3.8) is 0 Å². The molecule has 5 heteroatoms. The van der Waals surface area contributed by atoms with Gasteiger partial charge in [0, 0.05) is 18.0 Å². The molecule has 1 N–H and O–H groups in total. The molecule has 4 nitrogen and oxygen atoms in total. The van der Waals surface area contributed by atoms with Crippen LogP contribution in [0.25, 0.3) is 11.4 Å². The molecule has 0 aliphatic carbocycles. The van der Waals surface area contributed by atoms with Crippen molar-refractivity contribution in [2.45, 2.75) is 26.3 Å². The van der Waals surface area contributed by atoms with Crippen LogP contribution in [0.5, 0.6) is 0 Å². The van der Waals surface area contributed by atoms with E-state index in [0.29, 0.717) is 23.7 Å². The number of rotatable bonds is 4. The lowest BCUT2D eigenvalue weighted by molar-refractivity contribution is 0.365. The fourth-order valence-corrected chi connectivity index (χ4v) is 1.65. The summed E-state index contributed by atoms with van der Waals surface area (Å²) in [6, 6.07) is 4.80. The van der Waals surface area contributed by atoms with Gasteiger partial charge in [0.1, 0.15) is 5.82 Å². The first kappa shape index (κ1) is 12.7. The lowest BCUT2D eigenvalue weighted by atomic mass is 10.1. The van der Waals surface area contributed by atoms with Gasteiger partial charge in [-0.25, -0.2) is 4.39 Å². The molecule has 1 unspecified atom stereocenters. The first-order valence-electron chi connectivity index (χ1n) is 5.86. The molecule has 1 aromatic heterocycles. The highest BCUT2D eigenvalue weighted by Crippen LogP contribution is 2.21. The molecule has 0 spiro atoms. The van der Waals surface area contributed by atoms with E-state index in [9.17, 15) is 4.39 Å². The smallest absolute Gasteiger partial charge is 0.228 e. The highest BCUT2D eigenvalue weighted by atomic mass is 19.1. The van der Waals surface area contributed by atoms with Crippen LogP contribution in [0.2, 0.25) is 0 Å². The van der Waals surface area contributed by atoms with Crippen molar-refractivity contribution in [1.29, 1.82) is 0 Å². The highest BCUT2D eigenvalue weighted by Gasteiger charge is 2.13. The molecule has 1 heterocycles. The van der Waals surface area contributed by atoms with Crippen LogP contribution in [0.15, 0.2) is 22.7 Å². The Balaban J connectivity index is 2.26. The zero-order valence-corrected chi connectivity index (χ0v) is 10.7. The molecule has 1 atom stereocenters. The zero-order valence-electron chi connectivity index (χ0n) is 10.7. The number of nitrogens with one attached hydrogen (secondary N) is 1. The summed E-state index contributed by atoms with van der Waals surface area (Å²) in [5.74, 6) is 0.686. The van der Waals surface area contributed by atoms with Crippen LogP contribution in [-0.4, -0.2) is 23.2 Å². The van der Waals surface area contributed by atoms with Gasteiger partial charge in [0.05, 0.1) is 0 Å². The Hall–Kier alpha value is -1.75. The van der Waals surface area contributed by atoms with Gasteiger partial charge >= 0.3 is 0 Å². The van der Waals surface area contributed by atoms with Crippen molar-refractivity contribution in [2.24, 2.45) is 0 Å². The number of halogens is 1. The van der Waals surface area contributed by atoms with Gasteiger partial charge in [-0.3, -0.25) is 0 Å². The van der Waals surface area contributed by atoms with Gasteiger partial charge in [-0.1, -0.05) is 11.2 Å². The van der Waals surface area contributed by atoms with E-state index in [1.165, 1.54) is 12.1 Å². The Bertz CT molecular complexity index is 539. The van der Waals surface area contributed by atoms with Gasteiger partial charge in [0.15, 0.2) is 0 Å². The lowest BCUT2D eigenvalue weighted by Gasteiger charge is -2.04. The number of benzene rings is 1. The van der Waals surface area contributed by atoms with E-state index in [0.717, 1.165) is 5.56 Å². The Morgan fingerprint density at radius 1 is 1.44 bits per heavy atom. The highest BCUT2D eigenvalue weighted by molar-refractivity contribution is 5.59. The molecule has 0 aliphatic heterocycles. The second kappa shape index (κ2) is 5.27. The lowest BCUT2D eigenvalue weighted by Crippen LogP contribution is -2.23. The summed E-state index contributed by atoms with van der Waals surface area (Å²) in [7, 11) is 1.87. The minimum absolute atomic E-state index is 0.256. The summed E-state index contributed by atoms with van der Waals surface area (Å²) < 4.78 is 18.4. The Kier molecular flexibility index (Phi) is 3.72. The fourth-order valence-electron chi connectivity index (χ4n) is 1.65. The molecular formula is C13H16FN3O. The van der Waals surface area contributed by atoms with Crippen molar-refractivity contribution in [3.8, 4) is 11.4 Å². The van der Waals surface area contributed by atoms with Crippen molar-refractivity contribution in [3.05, 3.63) is 35.5 Å². The van der Waals surface area contributed by atoms with Crippen LogP contribution >= 0.6 is 0 Å². The minimum atomic E-state index is -0.300. The minimum Gasteiger partial charge on any atom is -0.339 e. The maximum atomic E-state index is 13.2. The zero-order chi connectivity index (χ0) is 13.1. The predicted octanol–water partition coefficient (Wildman–Crippen LogP) is 2.33. The number of likely N-dealkylation sites (N-methyl/N-ethyl adjacent to an activating group) is 1. The molecule has 0 aliphatic rings. The van der Waals surface area contributed by atoms with Gasteiger partial charge < -0.3 is 9.84 Å². The van der Waals surface area contributed by atoms with Crippen molar-refractivity contribution in [2.75, 3.05) is 7.05 Å². The number of hydrogen-bond acceptors (Lipinski definition) is 4. The third-order valence-corrected chi connectivity index (χ3v) is 2.88. The average Bonchev–Trinajstić information content (AvgIpc) is 2.80. The Morgan fingerprint density at radius 2 is 2.22 bits per heavy atom. The Morgan fingerprint density at radius 3 is 2.94 bits per heavy atom. The molecule has 0 radical (unpaired) electrons. The molecule has 1 aromatic carbocycles. The molecule has 0 saturated carbocycles. The summed E-state index contributed by atoms with van der Waals surface area (Å²) in [6.07, 6.45) is 0.651. The van der Waals surface area contributed by atoms with Crippen LogP contribution in [0.4, 0.5) is 4.39 Å². The average molecular weight is 249 g/mol. The summed E-state index contributed by atoms with van der Waals surface area (Å²) in [6.45, 7) is 3.92. The SMILES string of the molecule is CNC(C)Cc1nc(-c2cc(F)ccc2C)no1. The summed E-state index contributed by atoms with van der Waals surface area (Å²) in [4.78, 5) is 4.29. The van der Waals surface area contributed by atoms with Crippen molar-refractivity contribution < 1.29 is 8.91 Å². The predicted molar refractivity (Wildman–Crippen MR) is 66.7 cm³/mol. The number of aromatic nitrogens is 2. The second-order valence-electron chi connectivity index (χ2n) is 4.36. The first-order chi connectivity index (χ1) is 8.60. The van der Waals surface area contributed by atoms with Crippen LogP contribution in [-0.2, 0) is 6.42 Å². The third-order valence-electron chi connectivity index (χ3n) is 2.88. The summed E-state index contributed by atoms with van der Waals surface area (Å²) in [5.41, 5.74) is 1.59. The van der Waals surface area contributed by atoms with Crippen LogP contribution in [0, 0.1) is 12.7 Å². The largest absolute Gasteiger partial charge is 0.339 e. The third kappa shape index (κ3) is 2.73. The molecule has 2 rings (SSSR count). The van der Waals surface area contributed by atoms with Crippen molar-refractivity contribution >= 4 is 0 Å². The fraction of sp³-hybridized carbons (Fsp3) is 0.385. The molecule has 18 heavy (non-hydrogen) atoms. The van der Waals surface area contributed by atoms with Gasteiger partial charge in [-0.05, 0) is 38.6 Å². The van der Waals surface area contributed by atoms with E-state index in [-0.39, 0.29) is 11.9 Å². The van der Waals surface area contributed by atoms with Crippen LogP contribution in [0.1, 0.15) is 18.4 Å². The van der Waals surface area contributed by atoms with E-state index in [2.05, 4.69) is 15.5 Å². The van der Waals surface area contributed by atoms with Gasteiger partial charge in [0.25, 0.3) is 0 Å². The monoisotopic (exact) mass is 249 g/mol. The number of nitrogens with zero attached hydrogens (tertiary/aromatic N) is 2. The van der Waals surface area contributed by atoms with E-state index in [1.807, 2.05) is 20.9 Å². The molecule has 0 amide bonds. The summed E-state index contributed by atoms with van der Waals surface area (Å²) in [5, 5.41) is 6.99. The standard InChI is InChI=1S/C13H16FN3O/c1-8-4-5-10(14)7-11(8)13-16-12(18-17-13)6-9(2)15-3/h4-5,7,9,15H,6H2,1-3H3. The van der Waals surface area contributed by atoms with Gasteiger partial charge in [-0.2, -0.15) is 4.98 Å². The van der Waals surface area contributed by atoms with E-state index >= 15 is 0 Å². The maximum absolute atomic E-state index is 13.2. The first-order valence-corrected chi connectivity index (χ1v) is 5.86. The van der Waals surface area contributed by atoms with Gasteiger partial charge in [0.2, 0.25) is 11.7 Å². The topological polar surface area (TPSA) is 51.0 Å². The normalized spacial score (nSPS) is 12.7. The number of aryl methyl sites for hydroxylation is 1. The second-order valence-corrected chi connectivity index (χ2v) is 4.36. The number of hydrogen-bond donors (Lipinski definition) is 1. The summed E-state index contributed by atoms with van der Waals surface area (Å²) >= 11 is 0. The molecule has 0 saturated heterocycles. The van der Waals surface area contributed by atoms with Crippen LogP contribution in [0.3, 0.4) is 0 Å². The van der Waals surface area contributed by atoms with Gasteiger partial charge in [-0.15, -0.1) is 0 Å². The van der Waals surface area contributed by atoms with Crippen LogP contribution < -0.4 is 5.32 Å². The van der Waals surface area contributed by atoms with Crippen molar-refractivity contribution in [1.82, 2.24) is 15.5 Å². The quantitative estimate of drug-likeness (QED) is 0.903. The van der Waals surface area contributed by atoms with E-state index in [4.69, 9.17) is 4.52 Å². The Labute approximate surface area is 105 Å². The maximum Gasteiger partial charge on any atom is 0.228 e. The van der Waals surface area contributed by atoms with E-state index < -0.39 is 0 Å². The van der Waals surface area contributed by atoms with E-state index in [1.54, 1.807) is 6.07 Å². The molecule has 2 aromatic rings. The molecule has 96 valence electrons.